The van der Waals surface area contributed by atoms with Crippen molar-refractivity contribution in [1.29, 1.82) is 0 Å². The maximum Gasteiger partial charge on any atom is 0.246 e. The zero-order chi connectivity index (χ0) is 9.84. The molecule has 0 bridgehead atoms. The molecule has 70 valence electrons. The van der Waals surface area contributed by atoms with E-state index in [9.17, 15) is 14.8 Å². The molecule has 5 heteroatoms. The van der Waals surface area contributed by atoms with Gasteiger partial charge in [0, 0.05) is 23.2 Å². The summed E-state index contributed by atoms with van der Waals surface area (Å²) >= 11 is 0. The number of carbonyl (C=O) groups excluding carboxylic acids is 1. The average Bonchev–Trinajstić information content (AvgIpc) is 2.04. The molecule has 0 aliphatic rings. The van der Waals surface area contributed by atoms with Crippen molar-refractivity contribution in [1.82, 2.24) is 4.98 Å². The first-order valence-electron chi connectivity index (χ1n) is 3.90. The number of nitrogens with one attached hydrogen (secondary N) is 1. The fourth-order valence-electron chi connectivity index (χ4n) is 0.976. The molecular formula is C8H10N2O3. The lowest BCUT2D eigenvalue weighted by atomic mass is 10.1. The Bertz CT molecular complexity index is 358. The van der Waals surface area contributed by atoms with Gasteiger partial charge in [-0.25, -0.2) is 0 Å². The predicted octanol–water partition coefficient (Wildman–Crippen LogP) is -1.14. The van der Waals surface area contributed by atoms with Gasteiger partial charge in [0.05, 0.1) is 16.3 Å². The highest BCUT2D eigenvalue weighted by Crippen LogP contribution is 2.01. The number of rotatable bonds is 3. The quantitative estimate of drug-likeness (QED) is 0.600. The van der Waals surface area contributed by atoms with Crippen molar-refractivity contribution >= 4 is 5.97 Å². The minimum atomic E-state index is -1.12. The molecule has 0 fully saturated rings. The largest absolute Gasteiger partial charge is 0.550 e. The molecule has 1 heterocycles. The molecule has 1 atom stereocenters. The van der Waals surface area contributed by atoms with Gasteiger partial charge in [-0.3, -0.25) is 0 Å². The Morgan fingerprint density at radius 3 is 3.00 bits per heavy atom. The van der Waals surface area contributed by atoms with Crippen LogP contribution in [0, 0.1) is 10.8 Å². The van der Waals surface area contributed by atoms with Crippen LogP contribution in [-0.2, 0) is 11.2 Å². The first-order chi connectivity index (χ1) is 6.09. The number of nitrogens with zero attached hydrogens (tertiary/aromatic N) is 1. The lowest BCUT2D eigenvalue weighted by molar-refractivity contribution is -0.495. The van der Waals surface area contributed by atoms with Crippen LogP contribution < -0.4 is 9.53 Å². The summed E-state index contributed by atoms with van der Waals surface area (Å²) in [6.07, 6.45) is 4.34. The topological polar surface area (TPSA) is 78.9 Å². The third-order valence-corrected chi connectivity index (χ3v) is 1.70. The van der Waals surface area contributed by atoms with Crippen molar-refractivity contribution in [3.05, 3.63) is 29.2 Å². The van der Waals surface area contributed by atoms with Crippen molar-refractivity contribution in [2.24, 2.45) is 5.92 Å². The average molecular weight is 182 g/mol. The Labute approximate surface area is 74.6 Å². The number of H-pyrrole nitrogens is 1. The monoisotopic (exact) mass is 182 g/mol. The summed E-state index contributed by atoms with van der Waals surface area (Å²) in [5.41, 5.74) is 0.578. The van der Waals surface area contributed by atoms with E-state index in [4.69, 9.17) is 0 Å². The van der Waals surface area contributed by atoms with Crippen LogP contribution in [0.25, 0.3) is 0 Å². The van der Waals surface area contributed by atoms with Crippen LogP contribution in [0.5, 0.6) is 0 Å². The van der Waals surface area contributed by atoms with Crippen molar-refractivity contribution in [2.45, 2.75) is 13.3 Å². The van der Waals surface area contributed by atoms with Gasteiger partial charge in [0.25, 0.3) is 0 Å². The Hall–Kier alpha value is -1.65. The zero-order valence-corrected chi connectivity index (χ0v) is 7.19. The van der Waals surface area contributed by atoms with E-state index < -0.39 is 11.9 Å². The van der Waals surface area contributed by atoms with E-state index >= 15 is 0 Å². The van der Waals surface area contributed by atoms with Crippen molar-refractivity contribution in [3.8, 4) is 0 Å². The second kappa shape index (κ2) is 3.84. The fraction of sp³-hybridized carbons (Fsp3) is 0.375. The highest BCUT2D eigenvalue weighted by Gasteiger charge is 2.07. The molecule has 0 aliphatic heterocycles. The summed E-state index contributed by atoms with van der Waals surface area (Å²) in [6.45, 7) is 1.53. The predicted molar refractivity (Wildman–Crippen MR) is 42.0 cm³/mol. The fourth-order valence-corrected chi connectivity index (χ4v) is 0.976. The lowest BCUT2D eigenvalue weighted by Crippen LogP contribution is -2.31. The van der Waals surface area contributed by atoms with Gasteiger partial charge < -0.3 is 14.9 Å². The Kier molecular flexibility index (Phi) is 2.79. The molecule has 5 nitrogen and oxygen atoms in total. The van der Waals surface area contributed by atoms with Gasteiger partial charge >= 0.3 is 0 Å². The van der Waals surface area contributed by atoms with Crippen molar-refractivity contribution in [3.63, 3.8) is 0 Å². The first kappa shape index (κ1) is 9.44. The molecule has 0 spiro atoms. The van der Waals surface area contributed by atoms with E-state index in [1.54, 1.807) is 0 Å². The SMILES string of the molecule is CC(Cc1c[n+](=O)cc[nH]1)C(=O)[O-]. The van der Waals surface area contributed by atoms with Crippen LogP contribution in [0.3, 0.4) is 0 Å². The van der Waals surface area contributed by atoms with E-state index in [0.29, 0.717) is 10.1 Å². The third kappa shape index (κ3) is 2.70. The summed E-state index contributed by atoms with van der Waals surface area (Å²) in [4.78, 5) is 23.9. The van der Waals surface area contributed by atoms with Crippen LogP contribution in [0.2, 0.25) is 0 Å². The summed E-state index contributed by atoms with van der Waals surface area (Å²) < 4.78 is 0.619. The van der Waals surface area contributed by atoms with Gasteiger partial charge in [-0.1, -0.05) is 6.92 Å². The van der Waals surface area contributed by atoms with Crippen LogP contribution in [0.4, 0.5) is 0 Å². The van der Waals surface area contributed by atoms with Crippen LogP contribution in [-0.4, -0.2) is 11.0 Å². The van der Waals surface area contributed by atoms with Gasteiger partial charge in [0.2, 0.25) is 12.4 Å². The number of hydrogen-bond donors (Lipinski definition) is 1. The molecule has 0 saturated carbocycles. The van der Waals surface area contributed by atoms with Crippen molar-refractivity contribution < 1.29 is 14.3 Å². The normalized spacial score (nSPS) is 12.4. The molecule has 0 aromatic carbocycles. The standard InChI is InChI=1S/C8H10N2O3/c1-6(8(11)12)4-7-5-10(13)3-2-9-7/h2-3,5-6H,4H2,1H3,(H-,9,11,12,13). The zero-order valence-electron chi connectivity index (χ0n) is 7.19. The summed E-state index contributed by atoms with van der Waals surface area (Å²) in [6, 6.07) is 0. The van der Waals surface area contributed by atoms with E-state index in [1.807, 2.05) is 0 Å². The van der Waals surface area contributed by atoms with Crippen LogP contribution >= 0.6 is 0 Å². The molecule has 13 heavy (non-hydrogen) atoms. The number of carboxylic acid groups (broad SMARTS) is 1. The molecule has 0 aliphatic carbocycles. The number of carboxylic acids is 1. The molecule has 1 unspecified atom stereocenters. The Morgan fingerprint density at radius 1 is 1.77 bits per heavy atom. The molecule has 1 rings (SSSR count). The second-order valence-electron chi connectivity index (χ2n) is 2.90. The highest BCUT2D eigenvalue weighted by atomic mass is 16.4. The number of aliphatic carboxylic acids is 1. The van der Waals surface area contributed by atoms with Gasteiger partial charge in [-0.05, 0) is 0 Å². The molecule has 1 aromatic heterocycles. The molecular weight excluding hydrogens is 172 g/mol. The first-order valence-corrected chi connectivity index (χ1v) is 3.90. The number of hydrogen-bond acceptors (Lipinski definition) is 3. The molecule has 1 N–H and O–H groups in total. The van der Waals surface area contributed by atoms with Crippen LogP contribution in [0.1, 0.15) is 12.6 Å². The van der Waals surface area contributed by atoms with Crippen molar-refractivity contribution in [2.75, 3.05) is 0 Å². The number of aromatic nitrogens is 2. The van der Waals surface area contributed by atoms with Crippen LogP contribution in [0.15, 0.2) is 18.6 Å². The van der Waals surface area contributed by atoms with E-state index in [-0.39, 0.29) is 6.42 Å². The van der Waals surface area contributed by atoms with Gasteiger partial charge in [0.1, 0.15) is 0 Å². The highest BCUT2D eigenvalue weighted by molar-refractivity contribution is 5.67. The minimum Gasteiger partial charge on any atom is -0.550 e. The Morgan fingerprint density at radius 2 is 2.46 bits per heavy atom. The van der Waals surface area contributed by atoms with E-state index in [0.717, 1.165) is 0 Å². The summed E-state index contributed by atoms with van der Waals surface area (Å²) in [5.74, 6) is -1.71. The molecule has 1 aromatic rings. The Balaban J connectivity index is 2.75. The summed E-state index contributed by atoms with van der Waals surface area (Å²) in [7, 11) is 0. The van der Waals surface area contributed by atoms with E-state index in [1.165, 1.54) is 25.5 Å². The maximum absolute atomic E-state index is 10.8. The smallest absolute Gasteiger partial charge is 0.246 e. The van der Waals surface area contributed by atoms with Gasteiger partial charge in [-0.15, -0.1) is 0 Å². The second-order valence-corrected chi connectivity index (χ2v) is 2.90. The molecule has 0 radical (unpaired) electrons. The lowest BCUT2D eigenvalue weighted by Gasteiger charge is -2.09. The third-order valence-electron chi connectivity index (χ3n) is 1.70. The molecule has 0 amide bonds. The van der Waals surface area contributed by atoms with Gasteiger partial charge in [0.15, 0.2) is 0 Å². The van der Waals surface area contributed by atoms with E-state index in [2.05, 4.69) is 4.98 Å². The number of carbonyl (C=O) groups is 1. The summed E-state index contributed by atoms with van der Waals surface area (Å²) in [5, 5.41) is 10.4. The molecule has 0 saturated heterocycles. The van der Waals surface area contributed by atoms with Gasteiger partial charge in [-0.2, -0.15) is 0 Å². The number of aromatic amines is 1. The maximum atomic E-state index is 10.8. The minimum absolute atomic E-state index is 0.269.